The van der Waals surface area contributed by atoms with Crippen LogP contribution in [0.15, 0.2) is 34.9 Å². The van der Waals surface area contributed by atoms with Crippen molar-refractivity contribution in [2.24, 2.45) is 0 Å². The number of anilines is 1. The zero-order valence-electron chi connectivity index (χ0n) is 11.5. The lowest BCUT2D eigenvalue weighted by Crippen LogP contribution is -2.08. The number of hydrogen-bond acceptors (Lipinski definition) is 3. The lowest BCUT2D eigenvalue weighted by Gasteiger charge is -2.09. The molecule has 2 heterocycles. The summed E-state index contributed by atoms with van der Waals surface area (Å²) in [6, 6.07) is 7.05. The smallest absolute Gasteiger partial charge is 0.201 e. The van der Waals surface area contributed by atoms with Gasteiger partial charge in [0.15, 0.2) is 0 Å². The van der Waals surface area contributed by atoms with Crippen LogP contribution in [0.3, 0.4) is 0 Å². The number of benzene rings is 1. The highest BCUT2D eigenvalue weighted by Gasteiger charge is 2.13. The van der Waals surface area contributed by atoms with Crippen molar-refractivity contribution < 1.29 is 4.39 Å². The Morgan fingerprint density at radius 2 is 2.19 bits per heavy atom. The maximum atomic E-state index is 13.6. The normalized spacial score (nSPS) is 11.2. The molecule has 0 atom stereocenters. The molecule has 0 aliphatic rings. The van der Waals surface area contributed by atoms with E-state index >= 15 is 0 Å². The standard InChI is InChI=1S/C15H14BrFN4/c1-2-9-4-3-5-19-13(9)8-21-14-6-10(16)11(17)7-12(14)20-15(21)18/h3-7H,2,8H2,1H3,(H2,18,20). The van der Waals surface area contributed by atoms with E-state index in [1.165, 1.54) is 11.6 Å². The van der Waals surface area contributed by atoms with Gasteiger partial charge in [-0.05, 0) is 40.0 Å². The summed E-state index contributed by atoms with van der Waals surface area (Å²) in [4.78, 5) is 8.64. The first-order valence-corrected chi connectivity index (χ1v) is 7.43. The van der Waals surface area contributed by atoms with Crippen molar-refractivity contribution in [1.29, 1.82) is 0 Å². The SMILES string of the molecule is CCc1cccnc1Cn1c(N)nc2cc(F)c(Br)cc21. The fourth-order valence-electron chi connectivity index (χ4n) is 2.39. The van der Waals surface area contributed by atoms with Gasteiger partial charge in [-0.3, -0.25) is 4.98 Å². The fourth-order valence-corrected chi connectivity index (χ4v) is 2.72. The first-order chi connectivity index (χ1) is 10.1. The lowest BCUT2D eigenvalue weighted by atomic mass is 10.1. The van der Waals surface area contributed by atoms with Crippen LogP contribution in [0.2, 0.25) is 0 Å². The van der Waals surface area contributed by atoms with E-state index in [9.17, 15) is 4.39 Å². The minimum atomic E-state index is -0.348. The molecule has 108 valence electrons. The molecule has 21 heavy (non-hydrogen) atoms. The Hall–Kier alpha value is -1.95. The molecule has 2 aromatic heterocycles. The minimum Gasteiger partial charge on any atom is -0.369 e. The number of hydrogen-bond donors (Lipinski definition) is 1. The van der Waals surface area contributed by atoms with E-state index in [1.807, 2.05) is 16.7 Å². The summed E-state index contributed by atoms with van der Waals surface area (Å²) in [6.45, 7) is 2.60. The Labute approximate surface area is 129 Å². The van der Waals surface area contributed by atoms with Crippen LogP contribution >= 0.6 is 15.9 Å². The van der Waals surface area contributed by atoms with Gasteiger partial charge in [-0.25, -0.2) is 9.37 Å². The number of aromatic nitrogens is 3. The molecule has 0 amide bonds. The number of nitrogens with two attached hydrogens (primary N) is 1. The number of pyridine rings is 1. The molecule has 0 radical (unpaired) electrons. The Kier molecular flexibility index (Phi) is 3.63. The van der Waals surface area contributed by atoms with Crippen LogP contribution in [0.25, 0.3) is 11.0 Å². The average Bonchev–Trinajstić information content (AvgIpc) is 2.76. The third-order valence-electron chi connectivity index (χ3n) is 3.49. The van der Waals surface area contributed by atoms with E-state index in [1.54, 1.807) is 12.3 Å². The van der Waals surface area contributed by atoms with E-state index in [-0.39, 0.29) is 5.82 Å². The molecule has 0 bridgehead atoms. The average molecular weight is 349 g/mol. The van der Waals surface area contributed by atoms with Gasteiger partial charge >= 0.3 is 0 Å². The molecule has 0 fully saturated rings. The van der Waals surface area contributed by atoms with Crippen LogP contribution in [0.1, 0.15) is 18.2 Å². The maximum Gasteiger partial charge on any atom is 0.201 e. The van der Waals surface area contributed by atoms with Crippen LogP contribution in [-0.4, -0.2) is 14.5 Å². The Bertz CT molecular complexity index is 813. The van der Waals surface area contributed by atoms with Crippen LogP contribution < -0.4 is 5.73 Å². The highest BCUT2D eigenvalue weighted by Crippen LogP contribution is 2.26. The Balaban J connectivity index is 2.12. The summed E-state index contributed by atoms with van der Waals surface area (Å²) >= 11 is 3.20. The molecule has 0 saturated carbocycles. The van der Waals surface area contributed by atoms with Crippen molar-refractivity contribution in [2.45, 2.75) is 19.9 Å². The van der Waals surface area contributed by atoms with Gasteiger partial charge in [0.2, 0.25) is 5.95 Å². The second kappa shape index (κ2) is 5.44. The molecule has 0 aliphatic carbocycles. The van der Waals surface area contributed by atoms with Crippen LogP contribution in [0.5, 0.6) is 0 Å². The minimum absolute atomic E-state index is 0.348. The largest absolute Gasteiger partial charge is 0.369 e. The molecule has 3 aromatic rings. The van der Waals surface area contributed by atoms with Gasteiger partial charge in [0.05, 0.1) is 27.7 Å². The highest BCUT2D eigenvalue weighted by molar-refractivity contribution is 9.10. The van der Waals surface area contributed by atoms with Crippen LogP contribution in [-0.2, 0) is 13.0 Å². The van der Waals surface area contributed by atoms with E-state index in [4.69, 9.17) is 5.73 Å². The van der Waals surface area contributed by atoms with E-state index in [0.29, 0.717) is 22.5 Å². The number of aryl methyl sites for hydroxylation is 1. The quantitative estimate of drug-likeness (QED) is 0.787. The summed E-state index contributed by atoms with van der Waals surface area (Å²) in [5.74, 6) is 0.00874. The predicted octanol–water partition coefficient (Wildman–Crippen LogP) is 3.53. The van der Waals surface area contributed by atoms with Crippen molar-refractivity contribution in [1.82, 2.24) is 14.5 Å². The Morgan fingerprint density at radius 1 is 1.38 bits per heavy atom. The highest BCUT2D eigenvalue weighted by atomic mass is 79.9. The molecule has 0 saturated heterocycles. The number of nitrogens with zero attached hydrogens (tertiary/aromatic N) is 3. The van der Waals surface area contributed by atoms with Gasteiger partial charge in [-0.15, -0.1) is 0 Å². The summed E-state index contributed by atoms with van der Waals surface area (Å²) in [5, 5.41) is 0. The second-order valence-corrected chi connectivity index (χ2v) is 5.63. The summed E-state index contributed by atoms with van der Waals surface area (Å²) < 4.78 is 15.8. The third kappa shape index (κ3) is 2.51. The van der Waals surface area contributed by atoms with Crippen molar-refractivity contribution in [3.8, 4) is 0 Å². The van der Waals surface area contributed by atoms with Crippen LogP contribution in [0, 0.1) is 5.82 Å². The zero-order valence-corrected chi connectivity index (χ0v) is 13.1. The molecule has 6 heteroatoms. The van der Waals surface area contributed by atoms with Crippen molar-refractivity contribution in [3.63, 3.8) is 0 Å². The van der Waals surface area contributed by atoms with Gasteiger partial charge in [0.1, 0.15) is 5.82 Å². The van der Waals surface area contributed by atoms with Gasteiger partial charge in [-0.1, -0.05) is 13.0 Å². The molecule has 0 aliphatic heterocycles. The molecule has 0 unspecified atom stereocenters. The van der Waals surface area contributed by atoms with Gasteiger partial charge < -0.3 is 10.3 Å². The number of nitrogen functional groups attached to an aromatic ring is 1. The van der Waals surface area contributed by atoms with Gasteiger partial charge in [0, 0.05) is 12.3 Å². The third-order valence-corrected chi connectivity index (χ3v) is 4.10. The fraction of sp³-hybridized carbons (Fsp3) is 0.200. The number of rotatable bonds is 3. The predicted molar refractivity (Wildman–Crippen MR) is 84.5 cm³/mol. The summed E-state index contributed by atoms with van der Waals surface area (Å²) in [7, 11) is 0. The molecular weight excluding hydrogens is 335 g/mol. The van der Waals surface area contributed by atoms with E-state index < -0.39 is 0 Å². The summed E-state index contributed by atoms with van der Waals surface area (Å²) in [5.41, 5.74) is 9.43. The number of imidazole rings is 1. The zero-order chi connectivity index (χ0) is 15.0. The number of halogens is 2. The first kappa shape index (κ1) is 14.0. The molecule has 4 nitrogen and oxygen atoms in total. The molecule has 1 aromatic carbocycles. The molecular formula is C15H14BrFN4. The topological polar surface area (TPSA) is 56.7 Å². The summed E-state index contributed by atoms with van der Waals surface area (Å²) in [6.07, 6.45) is 2.66. The van der Waals surface area contributed by atoms with Crippen molar-refractivity contribution in [3.05, 3.63) is 52.0 Å². The second-order valence-electron chi connectivity index (χ2n) is 4.77. The van der Waals surface area contributed by atoms with E-state index in [0.717, 1.165) is 17.6 Å². The molecule has 0 spiro atoms. The maximum absolute atomic E-state index is 13.6. The monoisotopic (exact) mass is 348 g/mol. The first-order valence-electron chi connectivity index (χ1n) is 6.63. The molecule has 2 N–H and O–H groups in total. The van der Waals surface area contributed by atoms with Gasteiger partial charge in [-0.2, -0.15) is 0 Å². The number of fused-ring (bicyclic) bond motifs is 1. The Morgan fingerprint density at radius 3 is 2.95 bits per heavy atom. The molecule has 3 rings (SSSR count). The van der Waals surface area contributed by atoms with E-state index in [2.05, 4.69) is 32.8 Å². The van der Waals surface area contributed by atoms with Crippen molar-refractivity contribution >= 4 is 32.9 Å². The lowest BCUT2D eigenvalue weighted by molar-refractivity contribution is 0.622. The van der Waals surface area contributed by atoms with Crippen LogP contribution in [0.4, 0.5) is 10.3 Å². The van der Waals surface area contributed by atoms with Crippen molar-refractivity contribution in [2.75, 3.05) is 5.73 Å². The van der Waals surface area contributed by atoms with Gasteiger partial charge in [0.25, 0.3) is 0 Å².